The van der Waals surface area contributed by atoms with Gasteiger partial charge in [-0.05, 0) is 20.3 Å². The molecule has 3 N–H and O–H groups in total. The van der Waals surface area contributed by atoms with Crippen molar-refractivity contribution in [2.45, 2.75) is 32.4 Å². The number of hydrogen-bond donors (Lipinski definition) is 2. The fourth-order valence-electron chi connectivity index (χ4n) is 1.46. The van der Waals surface area contributed by atoms with Crippen LogP contribution >= 0.6 is 0 Å². The SMILES string of the molecule is CC(N)CC(C)NC(=O)c1cnn(C)c1. The monoisotopic (exact) mass is 210 g/mol. The quantitative estimate of drug-likeness (QED) is 0.749. The predicted octanol–water partition coefficient (Wildman–Crippen LogP) is 0.276. The molecule has 1 heterocycles. The largest absolute Gasteiger partial charge is 0.349 e. The number of rotatable bonds is 4. The number of amides is 1. The van der Waals surface area contributed by atoms with E-state index in [1.165, 1.54) is 0 Å². The first-order chi connectivity index (χ1) is 6.99. The molecule has 0 aromatic carbocycles. The van der Waals surface area contributed by atoms with Crippen LogP contribution in [0.5, 0.6) is 0 Å². The molecule has 0 fully saturated rings. The van der Waals surface area contributed by atoms with E-state index in [-0.39, 0.29) is 18.0 Å². The molecule has 1 amide bonds. The molecule has 1 rings (SSSR count). The van der Waals surface area contributed by atoms with E-state index < -0.39 is 0 Å². The Bertz CT molecular complexity index is 332. The third-order valence-corrected chi connectivity index (χ3v) is 2.07. The van der Waals surface area contributed by atoms with Crippen LogP contribution < -0.4 is 11.1 Å². The van der Waals surface area contributed by atoms with Crippen molar-refractivity contribution in [1.82, 2.24) is 15.1 Å². The van der Waals surface area contributed by atoms with E-state index in [4.69, 9.17) is 5.73 Å². The summed E-state index contributed by atoms with van der Waals surface area (Å²) >= 11 is 0. The molecular formula is C10H18N4O. The number of nitrogens with one attached hydrogen (secondary N) is 1. The van der Waals surface area contributed by atoms with Crippen LogP contribution in [0.3, 0.4) is 0 Å². The van der Waals surface area contributed by atoms with E-state index in [0.717, 1.165) is 6.42 Å². The minimum atomic E-state index is -0.101. The number of aryl methyl sites for hydroxylation is 1. The highest BCUT2D eigenvalue weighted by atomic mass is 16.1. The maximum Gasteiger partial charge on any atom is 0.254 e. The molecule has 1 aromatic rings. The molecule has 84 valence electrons. The van der Waals surface area contributed by atoms with Crippen molar-refractivity contribution < 1.29 is 4.79 Å². The Morgan fingerprint density at radius 3 is 2.80 bits per heavy atom. The molecule has 1 aromatic heterocycles. The third kappa shape index (κ3) is 3.71. The molecular weight excluding hydrogens is 192 g/mol. The van der Waals surface area contributed by atoms with Crippen LogP contribution in [-0.4, -0.2) is 27.8 Å². The normalized spacial score (nSPS) is 14.7. The average Bonchev–Trinajstić information content (AvgIpc) is 2.49. The first kappa shape index (κ1) is 11.7. The Morgan fingerprint density at radius 1 is 1.67 bits per heavy atom. The van der Waals surface area contributed by atoms with Gasteiger partial charge in [0.1, 0.15) is 0 Å². The summed E-state index contributed by atoms with van der Waals surface area (Å²) in [4.78, 5) is 11.6. The van der Waals surface area contributed by atoms with Gasteiger partial charge in [0.2, 0.25) is 0 Å². The predicted molar refractivity (Wildman–Crippen MR) is 58.4 cm³/mol. The van der Waals surface area contributed by atoms with Gasteiger partial charge in [-0.2, -0.15) is 5.10 Å². The molecule has 0 aliphatic carbocycles. The number of nitrogens with zero attached hydrogens (tertiary/aromatic N) is 2. The number of hydrogen-bond acceptors (Lipinski definition) is 3. The molecule has 0 radical (unpaired) electrons. The standard InChI is InChI=1S/C10H18N4O/c1-7(11)4-8(2)13-10(15)9-5-12-14(3)6-9/h5-8H,4,11H2,1-3H3,(H,13,15). The van der Waals surface area contributed by atoms with Gasteiger partial charge in [0.15, 0.2) is 0 Å². The van der Waals surface area contributed by atoms with Gasteiger partial charge in [-0.15, -0.1) is 0 Å². The first-order valence-corrected chi connectivity index (χ1v) is 5.04. The summed E-state index contributed by atoms with van der Waals surface area (Å²) in [7, 11) is 1.78. The number of aromatic nitrogens is 2. The molecule has 15 heavy (non-hydrogen) atoms. The van der Waals surface area contributed by atoms with Crippen LogP contribution in [0.15, 0.2) is 12.4 Å². The molecule has 0 aliphatic rings. The molecule has 0 spiro atoms. The maximum atomic E-state index is 11.6. The molecule has 2 unspecified atom stereocenters. The van der Waals surface area contributed by atoms with Crippen LogP contribution in [0, 0.1) is 0 Å². The number of carbonyl (C=O) groups excluding carboxylic acids is 1. The van der Waals surface area contributed by atoms with Gasteiger partial charge in [0.25, 0.3) is 5.91 Å². The van der Waals surface area contributed by atoms with Crippen molar-refractivity contribution in [3.05, 3.63) is 18.0 Å². The first-order valence-electron chi connectivity index (χ1n) is 5.04. The van der Waals surface area contributed by atoms with Gasteiger partial charge in [0, 0.05) is 25.3 Å². The molecule has 0 aliphatic heterocycles. The van der Waals surface area contributed by atoms with E-state index in [0.29, 0.717) is 5.56 Å². The van der Waals surface area contributed by atoms with Crippen molar-refractivity contribution in [2.75, 3.05) is 0 Å². The lowest BCUT2D eigenvalue weighted by molar-refractivity contribution is 0.0937. The number of nitrogens with two attached hydrogens (primary N) is 1. The van der Waals surface area contributed by atoms with E-state index in [2.05, 4.69) is 10.4 Å². The zero-order valence-electron chi connectivity index (χ0n) is 9.40. The topological polar surface area (TPSA) is 72.9 Å². The van der Waals surface area contributed by atoms with Gasteiger partial charge in [-0.1, -0.05) is 0 Å². The average molecular weight is 210 g/mol. The highest BCUT2D eigenvalue weighted by Crippen LogP contribution is 1.99. The Morgan fingerprint density at radius 2 is 2.33 bits per heavy atom. The Kier molecular flexibility index (Phi) is 3.85. The van der Waals surface area contributed by atoms with Crippen molar-refractivity contribution >= 4 is 5.91 Å². The summed E-state index contributed by atoms with van der Waals surface area (Å²) in [5, 5.41) is 6.81. The van der Waals surface area contributed by atoms with Gasteiger partial charge in [0.05, 0.1) is 11.8 Å². The maximum absolute atomic E-state index is 11.6. The summed E-state index contributed by atoms with van der Waals surface area (Å²) in [6, 6.07) is 0.173. The highest BCUT2D eigenvalue weighted by Gasteiger charge is 2.12. The Balaban J connectivity index is 2.49. The molecule has 0 saturated carbocycles. The highest BCUT2D eigenvalue weighted by molar-refractivity contribution is 5.93. The Labute approximate surface area is 89.6 Å². The summed E-state index contributed by atoms with van der Waals surface area (Å²) in [5.74, 6) is -0.101. The van der Waals surface area contributed by atoms with Crippen LogP contribution in [0.1, 0.15) is 30.6 Å². The van der Waals surface area contributed by atoms with E-state index in [9.17, 15) is 4.79 Å². The van der Waals surface area contributed by atoms with E-state index in [1.807, 2.05) is 13.8 Å². The third-order valence-electron chi connectivity index (χ3n) is 2.07. The van der Waals surface area contributed by atoms with Crippen LogP contribution in [0.25, 0.3) is 0 Å². The summed E-state index contributed by atoms with van der Waals surface area (Å²) in [6.45, 7) is 3.87. The summed E-state index contributed by atoms with van der Waals surface area (Å²) < 4.78 is 1.60. The summed E-state index contributed by atoms with van der Waals surface area (Å²) in [6.07, 6.45) is 4.01. The zero-order chi connectivity index (χ0) is 11.4. The molecule has 2 atom stereocenters. The van der Waals surface area contributed by atoms with Crippen molar-refractivity contribution in [3.63, 3.8) is 0 Å². The molecule has 5 nitrogen and oxygen atoms in total. The van der Waals surface area contributed by atoms with Crippen LogP contribution in [0.2, 0.25) is 0 Å². The van der Waals surface area contributed by atoms with Crippen molar-refractivity contribution in [1.29, 1.82) is 0 Å². The minimum Gasteiger partial charge on any atom is -0.349 e. The van der Waals surface area contributed by atoms with Gasteiger partial charge >= 0.3 is 0 Å². The fraction of sp³-hybridized carbons (Fsp3) is 0.600. The van der Waals surface area contributed by atoms with E-state index in [1.54, 1.807) is 24.1 Å². The number of carbonyl (C=O) groups is 1. The molecule has 0 bridgehead atoms. The van der Waals surface area contributed by atoms with Gasteiger partial charge in [-0.25, -0.2) is 0 Å². The van der Waals surface area contributed by atoms with Crippen molar-refractivity contribution in [2.24, 2.45) is 12.8 Å². The molecule has 5 heteroatoms. The fourth-order valence-corrected chi connectivity index (χ4v) is 1.46. The second kappa shape index (κ2) is 4.93. The summed E-state index contributed by atoms with van der Waals surface area (Å²) in [5.41, 5.74) is 6.22. The lowest BCUT2D eigenvalue weighted by Gasteiger charge is -2.15. The van der Waals surface area contributed by atoms with E-state index >= 15 is 0 Å². The zero-order valence-corrected chi connectivity index (χ0v) is 9.40. The van der Waals surface area contributed by atoms with Gasteiger partial charge in [-0.3, -0.25) is 9.48 Å². The molecule has 0 saturated heterocycles. The Hall–Kier alpha value is -1.36. The van der Waals surface area contributed by atoms with Gasteiger partial charge < -0.3 is 11.1 Å². The van der Waals surface area contributed by atoms with Crippen LogP contribution in [-0.2, 0) is 7.05 Å². The second-order valence-corrected chi connectivity index (χ2v) is 3.99. The van der Waals surface area contributed by atoms with Crippen LogP contribution in [0.4, 0.5) is 0 Å². The lowest BCUT2D eigenvalue weighted by Crippen LogP contribution is -2.36. The minimum absolute atomic E-state index is 0.0812. The van der Waals surface area contributed by atoms with Crippen molar-refractivity contribution in [3.8, 4) is 0 Å². The lowest BCUT2D eigenvalue weighted by atomic mass is 10.1. The smallest absolute Gasteiger partial charge is 0.254 e. The second-order valence-electron chi connectivity index (χ2n) is 3.99.